The number of aryl methyl sites for hydroxylation is 2. The molecule has 0 spiro atoms. The molecule has 0 fully saturated rings. The smallest absolute Gasteiger partial charge is 0.354 e. The van der Waals surface area contributed by atoms with E-state index in [-0.39, 0.29) is 5.69 Å². The predicted molar refractivity (Wildman–Crippen MR) is 55.9 cm³/mol. The zero-order chi connectivity index (χ0) is 11.7. The lowest BCUT2D eigenvalue weighted by Crippen LogP contribution is -2.07. The quantitative estimate of drug-likeness (QED) is 0.809. The number of nitrogens with zero attached hydrogens (tertiary/aromatic N) is 4. The Hall–Kier alpha value is -2.24. The summed E-state index contributed by atoms with van der Waals surface area (Å²) in [5.41, 5.74) is 1.88. The molecule has 6 heteroatoms. The summed E-state index contributed by atoms with van der Waals surface area (Å²) in [6, 6.07) is 0. The highest BCUT2D eigenvalue weighted by Gasteiger charge is 2.17. The summed E-state index contributed by atoms with van der Waals surface area (Å²) in [7, 11) is 1.58. The van der Waals surface area contributed by atoms with E-state index in [4.69, 9.17) is 5.11 Å². The zero-order valence-electron chi connectivity index (χ0n) is 8.88. The molecule has 0 amide bonds. The van der Waals surface area contributed by atoms with Crippen molar-refractivity contribution < 1.29 is 9.90 Å². The normalized spacial score (nSPS) is 10.4. The molecule has 2 aromatic heterocycles. The fraction of sp³-hybridized carbons (Fsp3) is 0.200. The Bertz CT molecular complexity index is 530. The number of hydrogen-bond donors (Lipinski definition) is 1. The monoisotopic (exact) mass is 218 g/mol. The molecule has 0 aromatic carbocycles. The fourth-order valence-corrected chi connectivity index (χ4v) is 1.41. The third-order valence-corrected chi connectivity index (χ3v) is 2.20. The van der Waals surface area contributed by atoms with Crippen molar-refractivity contribution >= 4 is 5.97 Å². The van der Waals surface area contributed by atoms with Crippen molar-refractivity contribution in [3.63, 3.8) is 0 Å². The molecule has 2 rings (SSSR count). The van der Waals surface area contributed by atoms with Crippen LogP contribution in [0.5, 0.6) is 0 Å². The standard InChI is InChI=1S/C10H10N4O2/c1-6-3-12-8(5-11-6)7-4-13-14(2)9(7)10(15)16/h3-5H,1-2H3,(H,15,16). The Morgan fingerprint density at radius 1 is 1.31 bits per heavy atom. The first-order chi connectivity index (χ1) is 7.59. The van der Waals surface area contributed by atoms with Gasteiger partial charge in [0.05, 0.1) is 29.3 Å². The van der Waals surface area contributed by atoms with E-state index in [1.807, 2.05) is 6.92 Å². The number of rotatable bonds is 2. The maximum atomic E-state index is 11.0. The minimum absolute atomic E-state index is 0.109. The molecule has 0 atom stereocenters. The lowest BCUT2D eigenvalue weighted by molar-refractivity contribution is 0.0686. The molecule has 1 N–H and O–H groups in total. The maximum Gasteiger partial charge on any atom is 0.354 e. The van der Waals surface area contributed by atoms with Gasteiger partial charge in [0.1, 0.15) is 0 Å². The molecule has 0 unspecified atom stereocenters. The molecule has 0 radical (unpaired) electrons. The van der Waals surface area contributed by atoms with Crippen LogP contribution >= 0.6 is 0 Å². The van der Waals surface area contributed by atoms with Gasteiger partial charge < -0.3 is 5.11 Å². The third kappa shape index (κ3) is 1.65. The van der Waals surface area contributed by atoms with Crippen LogP contribution in [0.3, 0.4) is 0 Å². The summed E-state index contributed by atoms with van der Waals surface area (Å²) >= 11 is 0. The molecule has 0 aliphatic rings. The summed E-state index contributed by atoms with van der Waals surface area (Å²) in [4.78, 5) is 19.2. The maximum absolute atomic E-state index is 11.0. The minimum atomic E-state index is -1.03. The molecule has 0 aliphatic carbocycles. The van der Waals surface area contributed by atoms with Crippen LogP contribution in [0.2, 0.25) is 0 Å². The Morgan fingerprint density at radius 2 is 2.06 bits per heavy atom. The van der Waals surface area contributed by atoms with Crippen LogP contribution in [-0.2, 0) is 7.05 Å². The number of aromatic nitrogens is 4. The van der Waals surface area contributed by atoms with Gasteiger partial charge in [-0.3, -0.25) is 14.6 Å². The van der Waals surface area contributed by atoms with E-state index in [0.717, 1.165) is 5.69 Å². The second kappa shape index (κ2) is 3.73. The highest BCUT2D eigenvalue weighted by Crippen LogP contribution is 2.20. The molecular weight excluding hydrogens is 208 g/mol. The number of hydrogen-bond acceptors (Lipinski definition) is 4. The highest BCUT2D eigenvalue weighted by atomic mass is 16.4. The van der Waals surface area contributed by atoms with Crippen LogP contribution in [0, 0.1) is 6.92 Å². The van der Waals surface area contributed by atoms with Gasteiger partial charge in [0.2, 0.25) is 0 Å². The van der Waals surface area contributed by atoms with Gasteiger partial charge in [-0.25, -0.2) is 4.79 Å². The first kappa shape index (κ1) is 10.3. The van der Waals surface area contributed by atoms with Gasteiger partial charge in [0.25, 0.3) is 0 Å². The molecule has 0 bridgehead atoms. The van der Waals surface area contributed by atoms with Crippen LogP contribution in [0.25, 0.3) is 11.3 Å². The van der Waals surface area contributed by atoms with E-state index in [0.29, 0.717) is 11.3 Å². The summed E-state index contributed by atoms with van der Waals surface area (Å²) < 4.78 is 1.30. The summed E-state index contributed by atoms with van der Waals surface area (Å²) in [5, 5.41) is 12.9. The Kier molecular flexibility index (Phi) is 2.40. The molecule has 6 nitrogen and oxygen atoms in total. The van der Waals surface area contributed by atoms with Gasteiger partial charge in [0, 0.05) is 13.2 Å². The van der Waals surface area contributed by atoms with Gasteiger partial charge in [-0.15, -0.1) is 0 Å². The second-order valence-corrected chi connectivity index (χ2v) is 3.38. The summed E-state index contributed by atoms with van der Waals surface area (Å²) in [6.45, 7) is 1.82. The number of carboxylic acids is 1. The third-order valence-electron chi connectivity index (χ3n) is 2.20. The van der Waals surface area contributed by atoms with E-state index < -0.39 is 5.97 Å². The van der Waals surface area contributed by atoms with Crippen LogP contribution in [-0.4, -0.2) is 30.8 Å². The van der Waals surface area contributed by atoms with Gasteiger partial charge in [0.15, 0.2) is 5.69 Å². The molecular formula is C10H10N4O2. The molecule has 16 heavy (non-hydrogen) atoms. The van der Waals surface area contributed by atoms with Crippen molar-refractivity contribution in [1.82, 2.24) is 19.7 Å². The highest BCUT2D eigenvalue weighted by molar-refractivity contribution is 5.93. The summed E-state index contributed by atoms with van der Waals surface area (Å²) in [6.07, 6.45) is 4.61. The average molecular weight is 218 g/mol. The van der Waals surface area contributed by atoms with Crippen LogP contribution in [0.1, 0.15) is 16.2 Å². The fourth-order valence-electron chi connectivity index (χ4n) is 1.41. The molecule has 2 aromatic rings. The largest absolute Gasteiger partial charge is 0.477 e. The Labute approximate surface area is 91.6 Å². The minimum Gasteiger partial charge on any atom is -0.477 e. The van der Waals surface area contributed by atoms with Crippen LogP contribution < -0.4 is 0 Å². The number of carbonyl (C=O) groups is 1. The number of aromatic carboxylic acids is 1. The topological polar surface area (TPSA) is 80.9 Å². The van der Waals surface area contributed by atoms with E-state index in [1.54, 1.807) is 19.4 Å². The molecule has 0 saturated heterocycles. The Morgan fingerprint density at radius 3 is 2.62 bits per heavy atom. The first-order valence-corrected chi connectivity index (χ1v) is 4.64. The zero-order valence-corrected chi connectivity index (χ0v) is 8.88. The first-order valence-electron chi connectivity index (χ1n) is 4.64. The van der Waals surface area contributed by atoms with Crippen molar-refractivity contribution in [1.29, 1.82) is 0 Å². The van der Waals surface area contributed by atoms with Crippen molar-refractivity contribution in [2.24, 2.45) is 7.05 Å². The predicted octanol–water partition coefficient (Wildman–Crippen LogP) is 0.884. The molecule has 0 aliphatic heterocycles. The molecule has 2 heterocycles. The Balaban J connectivity index is 2.56. The van der Waals surface area contributed by atoms with E-state index in [1.165, 1.54) is 10.9 Å². The van der Waals surface area contributed by atoms with E-state index in [9.17, 15) is 4.79 Å². The lowest BCUT2D eigenvalue weighted by Gasteiger charge is -2.00. The lowest BCUT2D eigenvalue weighted by atomic mass is 10.2. The van der Waals surface area contributed by atoms with Gasteiger partial charge in [-0.1, -0.05) is 0 Å². The summed E-state index contributed by atoms with van der Waals surface area (Å²) in [5.74, 6) is -1.03. The van der Waals surface area contributed by atoms with Crippen molar-refractivity contribution in [3.05, 3.63) is 30.0 Å². The van der Waals surface area contributed by atoms with Gasteiger partial charge >= 0.3 is 5.97 Å². The van der Waals surface area contributed by atoms with Crippen LogP contribution in [0.4, 0.5) is 0 Å². The van der Waals surface area contributed by atoms with Gasteiger partial charge in [-0.2, -0.15) is 5.10 Å². The second-order valence-electron chi connectivity index (χ2n) is 3.38. The molecule has 0 saturated carbocycles. The molecule has 82 valence electrons. The SMILES string of the molecule is Cc1cnc(-c2cnn(C)c2C(=O)O)cn1. The van der Waals surface area contributed by atoms with Crippen molar-refractivity contribution in [2.75, 3.05) is 0 Å². The van der Waals surface area contributed by atoms with Crippen molar-refractivity contribution in [3.8, 4) is 11.3 Å². The number of carboxylic acid groups (broad SMARTS) is 1. The average Bonchev–Trinajstić information content (AvgIpc) is 2.61. The van der Waals surface area contributed by atoms with Gasteiger partial charge in [-0.05, 0) is 6.92 Å². The van der Waals surface area contributed by atoms with Crippen LogP contribution in [0.15, 0.2) is 18.6 Å². The van der Waals surface area contributed by atoms with Crippen molar-refractivity contribution in [2.45, 2.75) is 6.92 Å². The van der Waals surface area contributed by atoms with E-state index >= 15 is 0 Å². The van der Waals surface area contributed by atoms with E-state index in [2.05, 4.69) is 15.1 Å².